The summed E-state index contributed by atoms with van der Waals surface area (Å²) in [6.07, 6.45) is 2.14. The molecule has 22 heavy (non-hydrogen) atoms. The molecule has 0 aliphatic carbocycles. The first kappa shape index (κ1) is 15.6. The second kappa shape index (κ2) is 6.05. The van der Waals surface area contributed by atoms with Crippen molar-refractivity contribution in [3.63, 3.8) is 0 Å². The maximum atomic E-state index is 2.32. The van der Waals surface area contributed by atoms with Crippen LogP contribution >= 0.6 is 11.8 Å². The lowest BCUT2D eigenvalue weighted by Gasteiger charge is -2.04. The van der Waals surface area contributed by atoms with E-state index >= 15 is 0 Å². The monoisotopic (exact) mass is 417 g/mol. The van der Waals surface area contributed by atoms with Gasteiger partial charge in [-0.2, -0.15) is 4.58 Å². The Morgan fingerprint density at radius 3 is 2.36 bits per heavy atom. The summed E-state index contributed by atoms with van der Waals surface area (Å²) in [5, 5.41) is 2.74. The quantitative estimate of drug-likeness (QED) is 0.349. The maximum absolute atomic E-state index is 2.32. The molecule has 0 radical (unpaired) electrons. The summed E-state index contributed by atoms with van der Waals surface area (Å²) in [5.41, 5.74) is 5.22. The van der Waals surface area contributed by atoms with E-state index in [9.17, 15) is 0 Å². The maximum Gasteiger partial charge on any atom is 0.220 e. The molecule has 0 aromatic heterocycles. The zero-order valence-electron chi connectivity index (χ0n) is 12.5. The van der Waals surface area contributed by atoms with Crippen molar-refractivity contribution in [3.05, 3.63) is 71.8 Å². The highest BCUT2D eigenvalue weighted by Crippen LogP contribution is 2.39. The van der Waals surface area contributed by atoms with E-state index in [1.807, 2.05) is 11.8 Å². The van der Waals surface area contributed by atoms with Gasteiger partial charge in [-0.15, -0.1) is 11.8 Å². The van der Waals surface area contributed by atoms with Gasteiger partial charge in [0.2, 0.25) is 11.4 Å². The fourth-order valence-corrected chi connectivity index (χ4v) is 3.86. The van der Waals surface area contributed by atoms with Gasteiger partial charge in [0.25, 0.3) is 0 Å². The summed E-state index contributed by atoms with van der Waals surface area (Å²) in [4.78, 5) is 1.35. The van der Waals surface area contributed by atoms with Crippen molar-refractivity contribution in [2.45, 2.75) is 4.90 Å². The van der Waals surface area contributed by atoms with Crippen LogP contribution in [-0.2, 0) is 0 Å². The third-order valence-corrected chi connectivity index (χ3v) is 4.99. The predicted molar refractivity (Wildman–Crippen MR) is 91.2 cm³/mol. The molecule has 3 heteroatoms. The number of thioether (sulfide) groups is 1. The summed E-state index contributed by atoms with van der Waals surface area (Å²) >= 11 is 1.81. The molecular formula is C19H16INS. The zero-order valence-corrected chi connectivity index (χ0v) is 15.5. The van der Waals surface area contributed by atoms with Crippen LogP contribution in [0.5, 0.6) is 0 Å². The second-order valence-corrected chi connectivity index (χ2v) is 6.14. The van der Waals surface area contributed by atoms with Crippen LogP contribution < -0.4 is 24.0 Å². The fraction of sp³-hybridized carbons (Fsp3) is 0.105. The lowest BCUT2D eigenvalue weighted by Crippen LogP contribution is -3.00. The first-order valence-corrected chi connectivity index (χ1v) is 8.30. The molecule has 1 nitrogen and oxygen atoms in total. The molecule has 0 fully saturated rings. The Morgan fingerprint density at radius 2 is 1.64 bits per heavy atom. The van der Waals surface area contributed by atoms with E-state index < -0.39 is 0 Å². The van der Waals surface area contributed by atoms with Crippen molar-refractivity contribution < 1.29 is 28.6 Å². The molecule has 0 spiro atoms. The average Bonchev–Trinajstić information content (AvgIpc) is 2.83. The molecule has 1 heterocycles. The molecule has 0 bridgehead atoms. The van der Waals surface area contributed by atoms with Crippen LogP contribution in [-0.4, -0.2) is 23.6 Å². The fourth-order valence-electron chi connectivity index (χ4n) is 3.26. The molecule has 0 atom stereocenters. The number of rotatable bonds is 2. The summed E-state index contributed by atoms with van der Waals surface area (Å²) in [6.45, 7) is 0. The van der Waals surface area contributed by atoms with Gasteiger partial charge in [-0.3, -0.25) is 0 Å². The summed E-state index contributed by atoms with van der Waals surface area (Å²) in [7, 11) is 2.16. The molecule has 0 saturated carbocycles. The number of halogens is 1. The van der Waals surface area contributed by atoms with E-state index in [0.29, 0.717) is 0 Å². The van der Waals surface area contributed by atoms with Gasteiger partial charge in [0.15, 0.2) is 0 Å². The molecule has 110 valence electrons. The van der Waals surface area contributed by atoms with Crippen LogP contribution in [0, 0.1) is 0 Å². The SMILES string of the molecule is CSc1ccc2c3c(cccc13)[N+](C)=C2c1ccccc1.[I-]. The van der Waals surface area contributed by atoms with Gasteiger partial charge >= 0.3 is 0 Å². The molecule has 0 saturated heterocycles. The molecule has 1 aliphatic rings. The van der Waals surface area contributed by atoms with Crippen LogP contribution in [0.2, 0.25) is 0 Å². The van der Waals surface area contributed by atoms with Gasteiger partial charge < -0.3 is 24.0 Å². The Hall–Kier alpha value is -1.33. The Bertz CT molecular complexity index is 885. The Kier molecular flexibility index (Phi) is 4.28. The van der Waals surface area contributed by atoms with E-state index in [-0.39, 0.29) is 24.0 Å². The smallest absolute Gasteiger partial charge is 0.220 e. The molecule has 3 aromatic rings. The molecule has 1 aliphatic heterocycles. The summed E-state index contributed by atoms with van der Waals surface area (Å²) < 4.78 is 2.32. The summed E-state index contributed by atoms with van der Waals surface area (Å²) in [5.74, 6) is 0. The van der Waals surface area contributed by atoms with Crippen molar-refractivity contribution in [1.82, 2.24) is 0 Å². The number of hydrogen-bond acceptors (Lipinski definition) is 1. The summed E-state index contributed by atoms with van der Waals surface area (Å²) in [6, 6.07) is 21.8. The van der Waals surface area contributed by atoms with Gasteiger partial charge in [0, 0.05) is 21.9 Å². The number of hydrogen-bond donors (Lipinski definition) is 0. The molecule has 0 amide bonds. The van der Waals surface area contributed by atoms with E-state index in [0.717, 1.165) is 0 Å². The van der Waals surface area contributed by atoms with Crippen LogP contribution in [0.1, 0.15) is 11.1 Å². The van der Waals surface area contributed by atoms with Gasteiger partial charge in [-0.05, 0) is 30.5 Å². The van der Waals surface area contributed by atoms with Gasteiger partial charge in [0.1, 0.15) is 7.05 Å². The lowest BCUT2D eigenvalue weighted by atomic mass is 9.98. The minimum Gasteiger partial charge on any atom is -1.00 e. The van der Waals surface area contributed by atoms with E-state index in [2.05, 4.69) is 78.5 Å². The first-order chi connectivity index (χ1) is 10.3. The van der Waals surface area contributed by atoms with Crippen molar-refractivity contribution >= 4 is 33.9 Å². The number of benzene rings is 3. The Balaban J connectivity index is 0.00000144. The van der Waals surface area contributed by atoms with Gasteiger partial charge in [-0.25, -0.2) is 0 Å². The molecule has 0 unspecified atom stereocenters. The minimum atomic E-state index is 0. The minimum absolute atomic E-state index is 0. The van der Waals surface area contributed by atoms with Gasteiger partial charge in [0.05, 0.1) is 10.9 Å². The van der Waals surface area contributed by atoms with Crippen LogP contribution in [0.15, 0.2) is 65.6 Å². The topological polar surface area (TPSA) is 3.01 Å². The van der Waals surface area contributed by atoms with Crippen molar-refractivity contribution in [2.24, 2.45) is 0 Å². The standard InChI is InChI=1S/C19H16NS.HI/c1-20-16-10-6-9-14-17(21-2)12-11-15(18(14)16)19(20)13-7-4-3-5-8-13;/h3-12H,1-2H3;1H/q+1;/p-1. The lowest BCUT2D eigenvalue weighted by molar-refractivity contribution is -0.399. The Labute approximate surface area is 152 Å². The van der Waals surface area contributed by atoms with Crippen molar-refractivity contribution in [1.29, 1.82) is 0 Å². The van der Waals surface area contributed by atoms with Crippen LogP contribution in [0.4, 0.5) is 5.69 Å². The highest BCUT2D eigenvalue weighted by molar-refractivity contribution is 7.98. The number of nitrogens with zero attached hydrogens (tertiary/aromatic N) is 1. The zero-order chi connectivity index (χ0) is 14.4. The van der Waals surface area contributed by atoms with Crippen molar-refractivity contribution in [3.8, 4) is 0 Å². The average molecular weight is 417 g/mol. The predicted octanol–water partition coefficient (Wildman–Crippen LogP) is 1.69. The molecule has 3 aromatic carbocycles. The van der Waals surface area contributed by atoms with Gasteiger partial charge in [-0.1, -0.05) is 30.3 Å². The Morgan fingerprint density at radius 1 is 0.864 bits per heavy atom. The van der Waals surface area contributed by atoms with E-state index in [1.165, 1.54) is 38.2 Å². The highest BCUT2D eigenvalue weighted by atomic mass is 127. The third-order valence-electron chi connectivity index (χ3n) is 4.20. The van der Waals surface area contributed by atoms with E-state index in [1.54, 1.807) is 0 Å². The molecule has 4 rings (SSSR count). The van der Waals surface area contributed by atoms with Crippen molar-refractivity contribution in [2.75, 3.05) is 13.3 Å². The molecular weight excluding hydrogens is 401 g/mol. The van der Waals surface area contributed by atoms with Crippen LogP contribution in [0.25, 0.3) is 10.8 Å². The van der Waals surface area contributed by atoms with Crippen LogP contribution in [0.3, 0.4) is 0 Å². The largest absolute Gasteiger partial charge is 1.00 e. The first-order valence-electron chi connectivity index (χ1n) is 7.07. The second-order valence-electron chi connectivity index (χ2n) is 5.29. The van der Waals surface area contributed by atoms with E-state index in [4.69, 9.17) is 0 Å². The molecule has 0 N–H and O–H groups in total. The third kappa shape index (κ3) is 2.18. The normalized spacial score (nSPS) is 12.6. The highest BCUT2D eigenvalue weighted by Gasteiger charge is 2.31.